The SMILES string of the molecule is C=C/C(CCc1nc(Nc2cnn(C3CCCNCCC3)c2)ncc1C(F)(F)F)=C(\C=C)CC(N)=O. The summed E-state index contributed by atoms with van der Waals surface area (Å²) < 4.78 is 42.9. The minimum absolute atomic E-state index is 0.0428. The zero-order valence-corrected chi connectivity index (χ0v) is 20.2. The molecule has 0 aliphatic carbocycles. The highest BCUT2D eigenvalue weighted by Crippen LogP contribution is 2.33. The van der Waals surface area contributed by atoms with Crippen LogP contribution in [0, 0.1) is 0 Å². The second-order valence-electron chi connectivity index (χ2n) is 8.68. The number of hydrogen-bond donors (Lipinski definition) is 3. The van der Waals surface area contributed by atoms with Crippen molar-refractivity contribution in [2.75, 3.05) is 18.4 Å². The molecule has 3 rings (SSSR count). The molecule has 0 spiro atoms. The largest absolute Gasteiger partial charge is 0.419 e. The number of carbonyl (C=O) groups is 1. The maximum atomic E-state index is 13.7. The fraction of sp³-hybridized carbons (Fsp3) is 0.440. The summed E-state index contributed by atoms with van der Waals surface area (Å²) in [5.74, 6) is -0.519. The second kappa shape index (κ2) is 12.5. The Bertz CT molecular complexity index is 1100. The van der Waals surface area contributed by atoms with Gasteiger partial charge >= 0.3 is 6.18 Å². The lowest BCUT2D eigenvalue weighted by molar-refractivity contribution is -0.138. The summed E-state index contributed by atoms with van der Waals surface area (Å²) in [5.41, 5.74) is 5.90. The number of anilines is 2. The van der Waals surface area contributed by atoms with Crippen molar-refractivity contribution in [2.45, 2.75) is 57.2 Å². The quantitative estimate of drug-likeness (QED) is 0.408. The zero-order valence-electron chi connectivity index (χ0n) is 20.2. The number of rotatable bonds is 10. The third-order valence-corrected chi connectivity index (χ3v) is 6.09. The molecule has 0 saturated carbocycles. The summed E-state index contributed by atoms with van der Waals surface area (Å²) >= 11 is 0. The Morgan fingerprint density at radius 2 is 1.89 bits per heavy atom. The third kappa shape index (κ3) is 7.51. The summed E-state index contributed by atoms with van der Waals surface area (Å²) in [5, 5.41) is 10.8. The number of carbonyl (C=O) groups excluding carboxylic acids is 1. The molecule has 1 amide bonds. The monoisotopic (exact) mass is 503 g/mol. The van der Waals surface area contributed by atoms with Crippen LogP contribution in [0.25, 0.3) is 0 Å². The van der Waals surface area contributed by atoms with Crippen LogP contribution in [0.3, 0.4) is 0 Å². The summed E-state index contributed by atoms with van der Waals surface area (Å²) in [4.78, 5) is 19.4. The molecule has 0 bridgehead atoms. The van der Waals surface area contributed by atoms with Crippen molar-refractivity contribution in [3.8, 4) is 0 Å². The van der Waals surface area contributed by atoms with E-state index in [9.17, 15) is 18.0 Å². The highest BCUT2D eigenvalue weighted by Gasteiger charge is 2.35. The molecular weight excluding hydrogens is 471 g/mol. The molecule has 3 heterocycles. The van der Waals surface area contributed by atoms with E-state index in [1.165, 1.54) is 12.2 Å². The van der Waals surface area contributed by atoms with Crippen molar-refractivity contribution in [3.05, 3.63) is 66.3 Å². The molecule has 1 saturated heterocycles. The van der Waals surface area contributed by atoms with Crippen molar-refractivity contribution in [3.63, 3.8) is 0 Å². The summed E-state index contributed by atoms with van der Waals surface area (Å²) in [7, 11) is 0. The Morgan fingerprint density at radius 1 is 1.19 bits per heavy atom. The first-order chi connectivity index (χ1) is 17.2. The van der Waals surface area contributed by atoms with Gasteiger partial charge in [-0.1, -0.05) is 25.3 Å². The fourth-order valence-electron chi connectivity index (χ4n) is 4.25. The zero-order chi connectivity index (χ0) is 26.1. The first-order valence-electron chi connectivity index (χ1n) is 11.9. The number of nitrogens with one attached hydrogen (secondary N) is 2. The van der Waals surface area contributed by atoms with Gasteiger partial charge in [0.05, 0.1) is 35.6 Å². The van der Waals surface area contributed by atoms with Crippen LogP contribution in [0.4, 0.5) is 24.8 Å². The Kier molecular flexibility index (Phi) is 9.40. The van der Waals surface area contributed by atoms with Gasteiger partial charge < -0.3 is 16.4 Å². The molecule has 194 valence electrons. The van der Waals surface area contributed by atoms with Gasteiger partial charge in [-0.05, 0) is 62.8 Å². The van der Waals surface area contributed by atoms with Gasteiger partial charge in [0.15, 0.2) is 0 Å². The number of nitrogens with zero attached hydrogens (tertiary/aromatic N) is 4. The Morgan fingerprint density at radius 3 is 2.50 bits per heavy atom. The molecule has 1 aliphatic rings. The van der Waals surface area contributed by atoms with E-state index in [0.717, 1.165) is 45.0 Å². The van der Waals surface area contributed by atoms with Crippen LogP contribution in [0.5, 0.6) is 0 Å². The molecule has 2 aromatic rings. The topological polar surface area (TPSA) is 111 Å². The number of amides is 1. The van der Waals surface area contributed by atoms with E-state index in [1.54, 1.807) is 6.20 Å². The average Bonchev–Trinajstić information content (AvgIpc) is 3.25. The van der Waals surface area contributed by atoms with E-state index in [0.29, 0.717) is 16.8 Å². The predicted molar refractivity (Wildman–Crippen MR) is 132 cm³/mol. The summed E-state index contributed by atoms with van der Waals surface area (Å²) in [6.07, 6.45) is 6.73. The van der Waals surface area contributed by atoms with Crippen LogP contribution in [0.2, 0.25) is 0 Å². The lowest BCUT2D eigenvalue weighted by Crippen LogP contribution is -2.23. The molecule has 1 aliphatic heterocycles. The van der Waals surface area contributed by atoms with E-state index in [2.05, 4.69) is 38.9 Å². The van der Waals surface area contributed by atoms with Gasteiger partial charge in [0.25, 0.3) is 0 Å². The number of aromatic nitrogens is 4. The maximum Gasteiger partial charge on any atom is 0.419 e. The highest BCUT2D eigenvalue weighted by molar-refractivity contribution is 5.77. The van der Waals surface area contributed by atoms with Crippen LogP contribution >= 0.6 is 0 Å². The van der Waals surface area contributed by atoms with E-state index in [-0.39, 0.29) is 36.9 Å². The van der Waals surface area contributed by atoms with Crippen molar-refractivity contribution < 1.29 is 18.0 Å². The number of nitrogens with two attached hydrogens (primary N) is 1. The van der Waals surface area contributed by atoms with Crippen molar-refractivity contribution >= 4 is 17.5 Å². The predicted octanol–water partition coefficient (Wildman–Crippen LogP) is 4.62. The molecule has 1 fully saturated rings. The smallest absolute Gasteiger partial charge is 0.369 e. The van der Waals surface area contributed by atoms with Crippen molar-refractivity contribution in [1.29, 1.82) is 0 Å². The average molecular weight is 504 g/mol. The molecule has 2 aromatic heterocycles. The van der Waals surface area contributed by atoms with Crippen molar-refractivity contribution in [2.24, 2.45) is 5.73 Å². The molecule has 8 nitrogen and oxygen atoms in total. The molecular formula is C25H32F3N7O. The second-order valence-corrected chi connectivity index (χ2v) is 8.68. The van der Waals surface area contributed by atoms with Crippen LogP contribution < -0.4 is 16.4 Å². The van der Waals surface area contributed by atoms with Gasteiger partial charge in [-0.25, -0.2) is 9.97 Å². The molecule has 0 unspecified atom stereocenters. The Balaban J connectivity index is 1.80. The molecule has 0 aromatic carbocycles. The standard InChI is InChI=1S/C25H32F3N7O/c1-3-17(18(4-2)13-23(29)36)9-10-22-21(25(26,27)28)15-31-24(34-22)33-19-14-32-35(16-19)20-7-5-11-30-12-6-8-20/h3-4,14-16,20,30H,1-2,5-13H2,(H2,29,36)(H,31,33,34)/b18-17-. The fourth-order valence-corrected chi connectivity index (χ4v) is 4.25. The normalized spacial score (nSPS) is 16.0. The van der Waals surface area contributed by atoms with Gasteiger partial charge in [-0.15, -0.1) is 0 Å². The minimum Gasteiger partial charge on any atom is -0.369 e. The maximum absolute atomic E-state index is 13.7. The highest BCUT2D eigenvalue weighted by atomic mass is 19.4. The molecule has 11 heteroatoms. The van der Waals surface area contributed by atoms with E-state index in [1.807, 2.05) is 10.9 Å². The lowest BCUT2D eigenvalue weighted by atomic mass is 9.98. The van der Waals surface area contributed by atoms with Crippen LogP contribution in [-0.4, -0.2) is 38.7 Å². The van der Waals surface area contributed by atoms with Gasteiger partial charge in [0, 0.05) is 12.4 Å². The van der Waals surface area contributed by atoms with Gasteiger partial charge in [0.1, 0.15) is 0 Å². The van der Waals surface area contributed by atoms with Crippen LogP contribution in [0.15, 0.2) is 55.0 Å². The van der Waals surface area contributed by atoms with Crippen LogP contribution in [-0.2, 0) is 17.4 Å². The Hall–Kier alpha value is -3.47. The van der Waals surface area contributed by atoms with Crippen LogP contribution in [0.1, 0.15) is 55.8 Å². The van der Waals surface area contributed by atoms with E-state index >= 15 is 0 Å². The molecule has 0 radical (unpaired) electrons. The van der Waals surface area contributed by atoms with Crippen molar-refractivity contribution in [1.82, 2.24) is 25.1 Å². The third-order valence-electron chi connectivity index (χ3n) is 6.09. The number of primary amides is 1. The summed E-state index contributed by atoms with van der Waals surface area (Å²) in [6, 6.07) is 0.273. The molecule has 36 heavy (non-hydrogen) atoms. The number of allylic oxidation sites excluding steroid dienone is 3. The summed E-state index contributed by atoms with van der Waals surface area (Å²) in [6.45, 7) is 9.32. The minimum atomic E-state index is -4.61. The van der Waals surface area contributed by atoms with Gasteiger partial charge in [0.2, 0.25) is 11.9 Å². The molecule has 4 N–H and O–H groups in total. The first kappa shape index (κ1) is 27.1. The lowest BCUT2D eigenvalue weighted by Gasteiger charge is -2.20. The molecule has 0 atom stereocenters. The number of alkyl halides is 3. The van der Waals surface area contributed by atoms with Gasteiger partial charge in [-0.2, -0.15) is 18.3 Å². The number of halogens is 3. The number of aryl methyl sites for hydroxylation is 1. The number of hydrogen-bond acceptors (Lipinski definition) is 6. The Labute approximate surface area is 208 Å². The van der Waals surface area contributed by atoms with E-state index in [4.69, 9.17) is 5.73 Å². The van der Waals surface area contributed by atoms with Gasteiger partial charge in [-0.3, -0.25) is 9.48 Å². The van der Waals surface area contributed by atoms with E-state index < -0.39 is 17.6 Å². The first-order valence-corrected chi connectivity index (χ1v) is 11.9.